The van der Waals surface area contributed by atoms with Gasteiger partial charge in [-0.15, -0.1) is 0 Å². The van der Waals surface area contributed by atoms with Gasteiger partial charge in [-0.2, -0.15) is 0 Å². The van der Waals surface area contributed by atoms with Gasteiger partial charge in [0.05, 0.1) is 6.07 Å². The summed E-state index contributed by atoms with van der Waals surface area (Å²) in [5.74, 6) is -0.655. The Bertz CT molecular complexity index is 653. The van der Waals surface area contributed by atoms with Gasteiger partial charge in [0.25, 0.3) is 5.91 Å². The molecule has 1 aromatic carbocycles. The molecule has 21 heavy (non-hydrogen) atoms. The smallest absolute Gasteiger partial charge is 0.433 e. The van der Waals surface area contributed by atoms with E-state index in [9.17, 15) is 14.9 Å². The van der Waals surface area contributed by atoms with Gasteiger partial charge in [0.1, 0.15) is 17.3 Å². The molecule has 0 aliphatic heterocycles. The molecule has 3 N–H and O–H groups in total. The second-order valence-corrected chi connectivity index (χ2v) is 4.01. The van der Waals surface area contributed by atoms with Crippen LogP contribution in [0.4, 0.5) is 11.6 Å². The Balaban J connectivity index is 2.06. The van der Waals surface area contributed by atoms with Crippen molar-refractivity contribution in [3.63, 3.8) is 0 Å². The molecule has 0 bridgehead atoms. The molecule has 0 aliphatic carbocycles. The lowest BCUT2D eigenvalue weighted by atomic mass is 10.3. The van der Waals surface area contributed by atoms with Crippen molar-refractivity contribution in [1.82, 2.24) is 0 Å². The maximum absolute atomic E-state index is 11.9. The van der Waals surface area contributed by atoms with Crippen LogP contribution in [0.3, 0.4) is 0 Å². The summed E-state index contributed by atoms with van der Waals surface area (Å²) in [6.07, 6.45) is 0. The lowest BCUT2D eigenvalue weighted by molar-refractivity contribution is -0.402. The molecule has 0 aliphatic rings. The molecular weight excluding hydrogens is 278 g/mol. The first-order chi connectivity index (χ1) is 10.1. The summed E-state index contributed by atoms with van der Waals surface area (Å²) in [6.45, 7) is 0.744. The van der Waals surface area contributed by atoms with Crippen LogP contribution in [-0.2, 0) is 0 Å². The highest BCUT2D eigenvalue weighted by Gasteiger charge is 2.17. The predicted octanol–water partition coefficient (Wildman–Crippen LogP) is 1.78. The summed E-state index contributed by atoms with van der Waals surface area (Å²) in [6, 6.07) is 9.06. The number of carbonyl (C=O) groups is 1. The van der Waals surface area contributed by atoms with Crippen LogP contribution >= 0.6 is 0 Å². The molecule has 8 nitrogen and oxygen atoms in total. The van der Waals surface area contributed by atoms with E-state index in [1.807, 2.05) is 0 Å². The zero-order valence-electron chi connectivity index (χ0n) is 10.9. The average Bonchev–Trinajstić information content (AvgIpc) is 2.95. The van der Waals surface area contributed by atoms with Gasteiger partial charge in [0.2, 0.25) is 0 Å². The van der Waals surface area contributed by atoms with Gasteiger partial charge in [0, 0.05) is 18.3 Å². The molecule has 1 amide bonds. The van der Waals surface area contributed by atoms with Gasteiger partial charge in [-0.05, 0) is 18.2 Å². The third-order valence-corrected chi connectivity index (χ3v) is 2.47. The van der Waals surface area contributed by atoms with E-state index in [1.54, 1.807) is 24.3 Å². The number of nitro groups is 1. The largest absolute Gasteiger partial charge is 0.492 e. The molecule has 0 spiro atoms. The number of nitrogens with two attached hydrogens (primary N) is 1. The van der Waals surface area contributed by atoms with Crippen LogP contribution in [0, 0.1) is 10.1 Å². The monoisotopic (exact) mass is 291 g/mol. The van der Waals surface area contributed by atoms with Crippen molar-refractivity contribution in [1.29, 1.82) is 0 Å². The molecule has 0 radical (unpaired) electrons. The van der Waals surface area contributed by atoms with E-state index in [4.69, 9.17) is 14.9 Å². The van der Waals surface area contributed by atoms with E-state index < -0.39 is 16.7 Å². The van der Waals surface area contributed by atoms with Crippen molar-refractivity contribution >= 4 is 17.5 Å². The van der Waals surface area contributed by atoms with Crippen LogP contribution < -0.4 is 15.8 Å². The lowest BCUT2D eigenvalue weighted by Gasteiger charge is -2.07. The number of rotatable bonds is 6. The number of carbonyl (C=O) groups excluding carboxylic acids is 1. The number of amides is 1. The highest BCUT2D eigenvalue weighted by molar-refractivity contribution is 6.02. The van der Waals surface area contributed by atoms with E-state index in [-0.39, 0.29) is 5.76 Å². The Morgan fingerprint density at radius 2 is 2.19 bits per heavy atom. The molecule has 2 aromatic rings. The van der Waals surface area contributed by atoms with Gasteiger partial charge in [-0.1, -0.05) is 6.07 Å². The predicted molar refractivity (Wildman–Crippen MR) is 74.3 cm³/mol. The third kappa shape index (κ3) is 3.80. The second kappa shape index (κ2) is 6.53. The maximum atomic E-state index is 11.9. The molecular formula is C13H13N3O5. The molecule has 0 unspecified atom stereocenters. The van der Waals surface area contributed by atoms with Gasteiger partial charge in [0.15, 0.2) is 5.76 Å². The van der Waals surface area contributed by atoms with E-state index in [1.165, 1.54) is 6.07 Å². The summed E-state index contributed by atoms with van der Waals surface area (Å²) >= 11 is 0. The molecule has 8 heteroatoms. The minimum atomic E-state index is -0.710. The first kappa shape index (κ1) is 14.5. The number of ether oxygens (including phenoxy) is 1. The maximum Gasteiger partial charge on any atom is 0.433 e. The average molecular weight is 291 g/mol. The topological polar surface area (TPSA) is 121 Å². The van der Waals surface area contributed by atoms with E-state index >= 15 is 0 Å². The number of anilines is 1. The highest BCUT2D eigenvalue weighted by Crippen LogP contribution is 2.20. The van der Waals surface area contributed by atoms with Crippen molar-refractivity contribution in [2.75, 3.05) is 18.5 Å². The number of nitrogens with zero attached hydrogens (tertiary/aromatic N) is 1. The van der Waals surface area contributed by atoms with Crippen molar-refractivity contribution in [2.45, 2.75) is 0 Å². The molecule has 110 valence electrons. The summed E-state index contributed by atoms with van der Waals surface area (Å²) in [7, 11) is 0. The molecule has 0 saturated heterocycles. The van der Waals surface area contributed by atoms with Crippen LogP contribution in [0.25, 0.3) is 0 Å². The molecule has 0 saturated carbocycles. The van der Waals surface area contributed by atoms with E-state index in [0.29, 0.717) is 24.6 Å². The van der Waals surface area contributed by atoms with E-state index in [0.717, 1.165) is 6.07 Å². The van der Waals surface area contributed by atoms with Crippen LogP contribution in [0.2, 0.25) is 0 Å². The fourth-order valence-electron chi connectivity index (χ4n) is 1.58. The first-order valence-electron chi connectivity index (χ1n) is 6.08. The molecule has 0 atom stereocenters. The number of hydrogen-bond acceptors (Lipinski definition) is 6. The summed E-state index contributed by atoms with van der Waals surface area (Å²) in [5, 5.41) is 13.1. The quantitative estimate of drug-likeness (QED) is 0.618. The van der Waals surface area contributed by atoms with Crippen LogP contribution in [0.5, 0.6) is 5.75 Å². The lowest BCUT2D eigenvalue weighted by Crippen LogP contribution is -2.12. The number of hydrogen-bond donors (Lipinski definition) is 2. The summed E-state index contributed by atoms with van der Waals surface area (Å²) in [4.78, 5) is 21.7. The van der Waals surface area contributed by atoms with Crippen molar-refractivity contribution in [3.8, 4) is 5.75 Å². The van der Waals surface area contributed by atoms with Crippen molar-refractivity contribution in [3.05, 3.63) is 52.3 Å². The van der Waals surface area contributed by atoms with Crippen LogP contribution in [-0.4, -0.2) is 24.0 Å². The fraction of sp³-hybridized carbons (Fsp3) is 0.154. The minimum Gasteiger partial charge on any atom is -0.492 e. The zero-order valence-corrected chi connectivity index (χ0v) is 10.9. The van der Waals surface area contributed by atoms with Crippen LogP contribution in [0.15, 0.2) is 40.8 Å². The van der Waals surface area contributed by atoms with Gasteiger partial charge < -0.3 is 20.2 Å². The number of furan rings is 1. The Labute approximate surface area is 119 Å². The second-order valence-electron chi connectivity index (χ2n) is 4.01. The van der Waals surface area contributed by atoms with Gasteiger partial charge in [-0.25, -0.2) is 0 Å². The Hall–Kier alpha value is -2.87. The first-order valence-corrected chi connectivity index (χ1v) is 6.08. The normalized spacial score (nSPS) is 10.1. The SMILES string of the molecule is NCCOc1cccc(NC(=O)c2ccc([N+](=O)[O-])o2)c1. The summed E-state index contributed by atoms with van der Waals surface area (Å²) < 4.78 is 10.1. The van der Waals surface area contributed by atoms with Gasteiger partial charge >= 0.3 is 5.88 Å². The molecule has 1 heterocycles. The zero-order chi connectivity index (χ0) is 15.2. The number of benzene rings is 1. The molecule has 1 aromatic heterocycles. The van der Waals surface area contributed by atoms with Crippen LogP contribution in [0.1, 0.15) is 10.6 Å². The Morgan fingerprint density at radius 1 is 1.38 bits per heavy atom. The highest BCUT2D eigenvalue weighted by atomic mass is 16.6. The van der Waals surface area contributed by atoms with Crippen molar-refractivity contribution in [2.24, 2.45) is 5.73 Å². The number of nitrogens with one attached hydrogen (secondary N) is 1. The van der Waals surface area contributed by atoms with Gasteiger partial charge in [-0.3, -0.25) is 14.9 Å². The summed E-state index contributed by atoms with van der Waals surface area (Å²) in [5.41, 5.74) is 5.82. The van der Waals surface area contributed by atoms with E-state index in [2.05, 4.69) is 5.32 Å². The molecule has 2 rings (SSSR count). The van der Waals surface area contributed by atoms with Crippen molar-refractivity contribution < 1.29 is 18.9 Å². The third-order valence-electron chi connectivity index (χ3n) is 2.47. The Morgan fingerprint density at radius 3 is 2.86 bits per heavy atom. The standard InChI is InChI=1S/C13H13N3O5/c14-6-7-20-10-3-1-2-9(8-10)15-13(17)11-4-5-12(21-11)16(18)19/h1-5,8H,6-7,14H2,(H,15,17). The minimum absolute atomic E-state index is 0.144. The fourth-order valence-corrected chi connectivity index (χ4v) is 1.58. The molecule has 0 fully saturated rings. The Kier molecular flexibility index (Phi) is 4.52.